The molecule has 0 radical (unpaired) electrons. The number of piperazine rings is 1. The van der Waals surface area contributed by atoms with Crippen LogP contribution in [0.3, 0.4) is 0 Å². The van der Waals surface area contributed by atoms with Crippen molar-refractivity contribution in [2.24, 2.45) is 0 Å². The predicted molar refractivity (Wildman–Crippen MR) is 131 cm³/mol. The summed E-state index contributed by atoms with van der Waals surface area (Å²) in [5.41, 5.74) is 5.08. The van der Waals surface area contributed by atoms with E-state index < -0.39 is 0 Å². The summed E-state index contributed by atoms with van der Waals surface area (Å²) in [4.78, 5) is 44.0. The Morgan fingerprint density at radius 3 is 2.65 bits per heavy atom. The fraction of sp³-hybridized carbons (Fsp3) is 0.375. The van der Waals surface area contributed by atoms with Crippen LogP contribution in [-0.4, -0.2) is 71.6 Å². The molecule has 1 saturated heterocycles. The predicted octanol–water partition coefficient (Wildman–Crippen LogP) is 2.39. The van der Waals surface area contributed by atoms with E-state index in [2.05, 4.69) is 41.5 Å². The molecule has 3 amide bonds. The minimum atomic E-state index is -0.176. The number of carbonyl (C=O) groups excluding carboxylic acids is 2. The quantitative estimate of drug-likeness (QED) is 0.602. The van der Waals surface area contributed by atoms with Gasteiger partial charge in [0.15, 0.2) is 0 Å². The Balaban J connectivity index is 1.30. The van der Waals surface area contributed by atoms with E-state index in [1.54, 1.807) is 18.0 Å². The standard InChI is InChI=1S/C24H28N8O2/c1-4-32-22-21-18(26-14-27-22)11-16(12-19(21)29-24(32)34)13-30-7-9-31(10-8-30)20-6-5-17(23(33)25-3)28-15(20)2/h5-6,11-12,14H,4,7-10,13H2,1-3H3,(H,25,33)(H,29,34). The van der Waals surface area contributed by atoms with Gasteiger partial charge in [-0.1, -0.05) is 0 Å². The second kappa shape index (κ2) is 8.86. The number of hydrogen-bond donors (Lipinski definition) is 2. The van der Waals surface area contributed by atoms with Gasteiger partial charge in [0.25, 0.3) is 5.91 Å². The van der Waals surface area contributed by atoms with Crippen molar-refractivity contribution < 1.29 is 9.59 Å². The van der Waals surface area contributed by atoms with Gasteiger partial charge in [0.05, 0.1) is 28.0 Å². The molecular weight excluding hydrogens is 432 g/mol. The van der Waals surface area contributed by atoms with Crippen LogP contribution in [0.4, 0.5) is 22.0 Å². The molecular formula is C24H28N8O2. The summed E-state index contributed by atoms with van der Waals surface area (Å²) < 4.78 is 0. The Morgan fingerprint density at radius 2 is 1.94 bits per heavy atom. The van der Waals surface area contributed by atoms with Crippen molar-refractivity contribution in [1.82, 2.24) is 25.2 Å². The molecule has 2 N–H and O–H groups in total. The smallest absolute Gasteiger partial charge is 0.327 e. The Bertz CT molecular complexity index is 1270. The molecule has 176 valence electrons. The third kappa shape index (κ3) is 3.90. The fourth-order valence-corrected chi connectivity index (χ4v) is 4.75. The Kier molecular flexibility index (Phi) is 5.74. The van der Waals surface area contributed by atoms with Gasteiger partial charge in [-0.25, -0.2) is 19.7 Å². The van der Waals surface area contributed by atoms with Crippen molar-refractivity contribution >= 4 is 40.0 Å². The Labute approximate surface area is 198 Å². The van der Waals surface area contributed by atoms with Crippen molar-refractivity contribution in [2.75, 3.05) is 54.9 Å². The average Bonchev–Trinajstić information content (AvgIpc) is 2.84. The molecule has 0 bridgehead atoms. The highest BCUT2D eigenvalue weighted by Crippen LogP contribution is 2.35. The number of rotatable bonds is 5. The summed E-state index contributed by atoms with van der Waals surface area (Å²) in [6.07, 6.45) is 1.52. The van der Waals surface area contributed by atoms with E-state index in [9.17, 15) is 9.59 Å². The molecule has 3 aromatic rings. The van der Waals surface area contributed by atoms with Crippen molar-refractivity contribution in [2.45, 2.75) is 20.4 Å². The van der Waals surface area contributed by atoms with Crippen molar-refractivity contribution in [3.63, 3.8) is 0 Å². The number of nitrogens with one attached hydrogen (secondary N) is 2. The second-order valence-corrected chi connectivity index (χ2v) is 8.55. The molecule has 0 spiro atoms. The topological polar surface area (TPSA) is 107 Å². The van der Waals surface area contributed by atoms with Crippen LogP contribution >= 0.6 is 0 Å². The molecule has 0 atom stereocenters. The van der Waals surface area contributed by atoms with Crippen LogP contribution in [0.5, 0.6) is 0 Å². The lowest BCUT2D eigenvalue weighted by Crippen LogP contribution is -2.46. The van der Waals surface area contributed by atoms with Gasteiger partial charge < -0.3 is 15.5 Å². The Morgan fingerprint density at radius 1 is 1.15 bits per heavy atom. The van der Waals surface area contributed by atoms with Crippen LogP contribution in [0.15, 0.2) is 30.6 Å². The minimum absolute atomic E-state index is 0.160. The fourth-order valence-electron chi connectivity index (χ4n) is 4.75. The van der Waals surface area contributed by atoms with E-state index in [1.165, 1.54) is 6.33 Å². The first-order valence-electron chi connectivity index (χ1n) is 11.5. The first-order valence-corrected chi connectivity index (χ1v) is 11.5. The third-order valence-electron chi connectivity index (χ3n) is 6.47. The van der Waals surface area contributed by atoms with Gasteiger partial charge >= 0.3 is 6.03 Å². The lowest BCUT2D eigenvalue weighted by molar-refractivity contribution is 0.0958. The van der Waals surface area contributed by atoms with E-state index in [1.807, 2.05) is 26.0 Å². The molecule has 0 unspecified atom stereocenters. The first kappa shape index (κ1) is 22.0. The largest absolute Gasteiger partial charge is 0.368 e. The summed E-state index contributed by atoms with van der Waals surface area (Å²) in [6, 6.07) is 7.73. The number of anilines is 3. The zero-order valence-corrected chi connectivity index (χ0v) is 19.6. The van der Waals surface area contributed by atoms with Crippen LogP contribution in [-0.2, 0) is 6.54 Å². The molecule has 34 heavy (non-hydrogen) atoms. The van der Waals surface area contributed by atoms with Crippen molar-refractivity contribution in [3.05, 3.63) is 47.5 Å². The molecule has 5 rings (SSSR count). The maximum absolute atomic E-state index is 12.5. The molecule has 2 aliphatic rings. The van der Waals surface area contributed by atoms with Crippen LogP contribution in [0.2, 0.25) is 0 Å². The molecule has 2 aromatic heterocycles. The molecule has 1 aromatic carbocycles. The van der Waals surface area contributed by atoms with E-state index in [0.29, 0.717) is 18.1 Å². The number of benzene rings is 1. The van der Waals surface area contributed by atoms with Crippen molar-refractivity contribution in [3.8, 4) is 0 Å². The monoisotopic (exact) mass is 460 g/mol. The zero-order chi connectivity index (χ0) is 23.8. The number of carbonyl (C=O) groups is 2. The zero-order valence-electron chi connectivity index (χ0n) is 19.6. The molecule has 10 nitrogen and oxygen atoms in total. The average molecular weight is 461 g/mol. The maximum Gasteiger partial charge on any atom is 0.327 e. The van der Waals surface area contributed by atoms with E-state index in [-0.39, 0.29) is 11.9 Å². The number of nitrogens with zero attached hydrogens (tertiary/aromatic N) is 6. The number of amides is 3. The first-order chi connectivity index (χ1) is 16.5. The molecule has 2 aliphatic heterocycles. The lowest BCUT2D eigenvalue weighted by Gasteiger charge is -2.36. The number of aryl methyl sites for hydroxylation is 1. The van der Waals surface area contributed by atoms with Crippen molar-refractivity contribution in [1.29, 1.82) is 0 Å². The number of urea groups is 1. The SMILES string of the molecule is CCN1C(=O)Nc2cc(CN3CCN(c4ccc(C(=O)NC)nc4C)CC3)cc3ncnc1c23. The number of hydrogen-bond acceptors (Lipinski definition) is 7. The van der Waals surface area contributed by atoms with Crippen LogP contribution in [0, 0.1) is 6.92 Å². The Hall–Kier alpha value is -3.79. The van der Waals surface area contributed by atoms with E-state index in [4.69, 9.17) is 0 Å². The van der Waals surface area contributed by atoms with Gasteiger partial charge in [-0.05, 0) is 43.7 Å². The summed E-state index contributed by atoms with van der Waals surface area (Å²) >= 11 is 0. The number of pyridine rings is 1. The second-order valence-electron chi connectivity index (χ2n) is 8.55. The van der Waals surface area contributed by atoms with Gasteiger partial charge in [0, 0.05) is 46.3 Å². The summed E-state index contributed by atoms with van der Waals surface area (Å²) in [6.45, 7) is 8.74. The highest BCUT2D eigenvalue weighted by atomic mass is 16.2. The van der Waals surface area contributed by atoms with E-state index >= 15 is 0 Å². The summed E-state index contributed by atoms with van der Waals surface area (Å²) in [5.74, 6) is 0.489. The minimum Gasteiger partial charge on any atom is -0.368 e. The highest BCUT2D eigenvalue weighted by Gasteiger charge is 2.27. The third-order valence-corrected chi connectivity index (χ3v) is 6.47. The van der Waals surface area contributed by atoms with Crippen LogP contribution in [0.1, 0.15) is 28.7 Å². The van der Waals surface area contributed by atoms with Gasteiger partial charge in [-0.15, -0.1) is 0 Å². The van der Waals surface area contributed by atoms with Crippen LogP contribution in [0.25, 0.3) is 10.9 Å². The van der Waals surface area contributed by atoms with Gasteiger partial charge in [0.1, 0.15) is 17.8 Å². The molecule has 0 saturated carbocycles. The van der Waals surface area contributed by atoms with Gasteiger partial charge in [0.2, 0.25) is 0 Å². The lowest BCUT2D eigenvalue weighted by atomic mass is 10.1. The molecule has 0 aliphatic carbocycles. The van der Waals surface area contributed by atoms with E-state index in [0.717, 1.165) is 66.3 Å². The van der Waals surface area contributed by atoms with Gasteiger partial charge in [-0.3, -0.25) is 14.6 Å². The molecule has 1 fully saturated rings. The maximum atomic E-state index is 12.5. The van der Waals surface area contributed by atoms with Gasteiger partial charge in [-0.2, -0.15) is 0 Å². The summed E-state index contributed by atoms with van der Waals surface area (Å²) in [5, 5.41) is 6.50. The highest BCUT2D eigenvalue weighted by molar-refractivity contribution is 6.17. The molecule has 10 heteroatoms. The normalized spacial score (nSPS) is 16.0. The number of aromatic nitrogens is 3. The van der Waals surface area contributed by atoms with Crippen LogP contribution < -0.4 is 20.4 Å². The summed E-state index contributed by atoms with van der Waals surface area (Å²) in [7, 11) is 1.61. The molecule has 4 heterocycles.